The van der Waals surface area contributed by atoms with Crippen LogP contribution in [0.3, 0.4) is 0 Å². The summed E-state index contributed by atoms with van der Waals surface area (Å²) in [5, 5.41) is 8.87. The van der Waals surface area contributed by atoms with E-state index in [0.717, 1.165) is 0 Å². The second-order valence-electron chi connectivity index (χ2n) is 3.08. The zero-order chi connectivity index (χ0) is 10.7. The average Bonchev–Trinajstić information content (AvgIpc) is 2.18. The predicted molar refractivity (Wildman–Crippen MR) is 51.7 cm³/mol. The molecule has 3 nitrogen and oxygen atoms in total. The van der Waals surface area contributed by atoms with Crippen LogP contribution in [0.1, 0.15) is 17.2 Å². The van der Waals surface area contributed by atoms with Gasteiger partial charge in [-0.2, -0.15) is 0 Å². The molecule has 0 spiro atoms. The smallest absolute Gasteiger partial charge is 0.128 e. The quantitative estimate of drug-likeness (QED) is 0.767. The minimum atomic E-state index is -0.704. The van der Waals surface area contributed by atoms with Crippen LogP contribution < -0.4 is 10.5 Å². The number of methoxy groups -OCH3 is 1. The van der Waals surface area contributed by atoms with Crippen molar-refractivity contribution in [2.75, 3.05) is 13.7 Å². The summed E-state index contributed by atoms with van der Waals surface area (Å²) < 4.78 is 18.4. The second kappa shape index (κ2) is 4.39. The van der Waals surface area contributed by atoms with E-state index in [1.807, 2.05) is 0 Å². The van der Waals surface area contributed by atoms with E-state index in [0.29, 0.717) is 16.9 Å². The maximum atomic E-state index is 13.4. The normalized spacial score (nSPS) is 12.6. The zero-order valence-corrected chi connectivity index (χ0v) is 8.25. The number of benzene rings is 1. The summed E-state index contributed by atoms with van der Waals surface area (Å²) in [6.45, 7) is 1.43. The van der Waals surface area contributed by atoms with Gasteiger partial charge in [-0.15, -0.1) is 0 Å². The molecule has 1 atom stereocenters. The fourth-order valence-electron chi connectivity index (χ4n) is 1.44. The maximum absolute atomic E-state index is 13.4. The highest BCUT2D eigenvalue weighted by Gasteiger charge is 2.16. The molecule has 0 radical (unpaired) electrons. The average molecular weight is 199 g/mol. The Balaban J connectivity index is 3.25. The van der Waals surface area contributed by atoms with Crippen molar-refractivity contribution < 1.29 is 14.2 Å². The second-order valence-corrected chi connectivity index (χ2v) is 3.08. The molecule has 4 heteroatoms. The number of halogens is 1. The lowest BCUT2D eigenvalue weighted by molar-refractivity contribution is 0.264. The molecular formula is C10H14FNO2. The van der Waals surface area contributed by atoms with Crippen molar-refractivity contribution in [2.45, 2.75) is 13.0 Å². The van der Waals surface area contributed by atoms with Crippen LogP contribution in [0, 0.1) is 12.7 Å². The van der Waals surface area contributed by atoms with Gasteiger partial charge < -0.3 is 15.6 Å². The molecule has 0 fully saturated rings. The SMILES string of the molecule is COc1ccc(F)c(C(N)CO)c1C. The Morgan fingerprint density at radius 1 is 1.57 bits per heavy atom. The summed E-state index contributed by atoms with van der Waals surface area (Å²) >= 11 is 0. The van der Waals surface area contributed by atoms with Crippen LogP contribution in [0.4, 0.5) is 4.39 Å². The number of hydrogen-bond donors (Lipinski definition) is 2. The van der Waals surface area contributed by atoms with E-state index >= 15 is 0 Å². The van der Waals surface area contributed by atoms with E-state index in [1.54, 1.807) is 6.92 Å². The molecule has 0 aliphatic rings. The van der Waals surface area contributed by atoms with Crippen molar-refractivity contribution in [2.24, 2.45) is 5.73 Å². The molecule has 0 aromatic heterocycles. The largest absolute Gasteiger partial charge is 0.496 e. The molecule has 1 unspecified atom stereocenters. The predicted octanol–water partition coefficient (Wildman–Crippen LogP) is 1.13. The van der Waals surface area contributed by atoms with E-state index in [9.17, 15) is 4.39 Å². The van der Waals surface area contributed by atoms with E-state index < -0.39 is 11.9 Å². The van der Waals surface area contributed by atoms with Gasteiger partial charge in [-0.3, -0.25) is 0 Å². The van der Waals surface area contributed by atoms with Gasteiger partial charge in [-0.25, -0.2) is 4.39 Å². The van der Waals surface area contributed by atoms with Gasteiger partial charge in [0.1, 0.15) is 11.6 Å². The molecule has 1 rings (SSSR count). The molecule has 78 valence electrons. The fourth-order valence-corrected chi connectivity index (χ4v) is 1.44. The number of hydrogen-bond acceptors (Lipinski definition) is 3. The summed E-state index contributed by atoms with van der Waals surface area (Å²) in [5.41, 5.74) is 6.52. The van der Waals surface area contributed by atoms with Gasteiger partial charge in [-0.1, -0.05) is 0 Å². The van der Waals surface area contributed by atoms with Crippen molar-refractivity contribution in [1.82, 2.24) is 0 Å². The first-order valence-corrected chi connectivity index (χ1v) is 4.31. The summed E-state index contributed by atoms with van der Waals surface area (Å²) in [7, 11) is 1.51. The molecule has 14 heavy (non-hydrogen) atoms. The van der Waals surface area contributed by atoms with E-state index in [2.05, 4.69) is 0 Å². The molecule has 0 heterocycles. The van der Waals surface area contributed by atoms with Crippen LogP contribution in [0.15, 0.2) is 12.1 Å². The van der Waals surface area contributed by atoms with Crippen LogP contribution in [-0.4, -0.2) is 18.8 Å². The zero-order valence-electron chi connectivity index (χ0n) is 8.25. The lowest BCUT2D eigenvalue weighted by atomic mass is 10.0. The van der Waals surface area contributed by atoms with Gasteiger partial charge in [0.15, 0.2) is 0 Å². The molecule has 0 saturated carbocycles. The lowest BCUT2D eigenvalue weighted by Crippen LogP contribution is -2.17. The van der Waals surface area contributed by atoms with Crippen LogP contribution in [0.25, 0.3) is 0 Å². The molecule has 1 aromatic carbocycles. The number of ether oxygens (including phenoxy) is 1. The van der Waals surface area contributed by atoms with Crippen LogP contribution in [0.5, 0.6) is 5.75 Å². The first kappa shape index (κ1) is 10.9. The third kappa shape index (κ3) is 1.86. The molecule has 0 aliphatic heterocycles. The Kier molecular flexibility index (Phi) is 3.43. The Morgan fingerprint density at radius 3 is 2.71 bits per heavy atom. The fraction of sp³-hybridized carbons (Fsp3) is 0.400. The Hall–Kier alpha value is -1.13. The van der Waals surface area contributed by atoms with E-state index in [4.69, 9.17) is 15.6 Å². The third-order valence-corrected chi connectivity index (χ3v) is 2.20. The molecular weight excluding hydrogens is 185 g/mol. The maximum Gasteiger partial charge on any atom is 0.128 e. The van der Waals surface area contributed by atoms with E-state index in [1.165, 1.54) is 19.2 Å². The van der Waals surface area contributed by atoms with Gasteiger partial charge >= 0.3 is 0 Å². The molecule has 0 saturated heterocycles. The van der Waals surface area contributed by atoms with Crippen molar-refractivity contribution >= 4 is 0 Å². The summed E-state index contributed by atoms with van der Waals surface area (Å²) in [6, 6.07) is 2.12. The summed E-state index contributed by atoms with van der Waals surface area (Å²) in [5.74, 6) is 0.162. The molecule has 3 N–H and O–H groups in total. The number of rotatable bonds is 3. The third-order valence-electron chi connectivity index (χ3n) is 2.20. The first-order valence-electron chi connectivity index (χ1n) is 4.31. The van der Waals surface area contributed by atoms with Gasteiger partial charge in [0, 0.05) is 5.56 Å². The Labute approximate surface area is 82.3 Å². The molecule has 0 aliphatic carbocycles. The van der Waals surface area contributed by atoms with Gasteiger partial charge in [-0.05, 0) is 24.6 Å². The van der Waals surface area contributed by atoms with Gasteiger partial charge in [0.25, 0.3) is 0 Å². The standard InChI is InChI=1S/C10H14FNO2/c1-6-9(14-2)4-3-7(11)10(6)8(12)5-13/h3-4,8,13H,5,12H2,1-2H3. The topological polar surface area (TPSA) is 55.5 Å². The number of aliphatic hydroxyl groups excluding tert-OH is 1. The van der Waals surface area contributed by atoms with Crippen LogP contribution >= 0.6 is 0 Å². The molecule has 0 amide bonds. The highest BCUT2D eigenvalue weighted by Crippen LogP contribution is 2.27. The first-order chi connectivity index (χ1) is 6.61. The van der Waals surface area contributed by atoms with Crippen molar-refractivity contribution in [3.05, 3.63) is 29.1 Å². The molecule has 0 bridgehead atoms. The minimum Gasteiger partial charge on any atom is -0.496 e. The highest BCUT2D eigenvalue weighted by molar-refractivity contribution is 5.41. The van der Waals surface area contributed by atoms with Crippen molar-refractivity contribution in [3.63, 3.8) is 0 Å². The monoisotopic (exact) mass is 199 g/mol. The van der Waals surface area contributed by atoms with Gasteiger partial charge in [0.05, 0.1) is 19.8 Å². The van der Waals surface area contributed by atoms with Crippen molar-refractivity contribution in [3.8, 4) is 5.75 Å². The van der Waals surface area contributed by atoms with Gasteiger partial charge in [0.2, 0.25) is 0 Å². The minimum absolute atomic E-state index is 0.287. The Morgan fingerprint density at radius 2 is 2.21 bits per heavy atom. The molecule has 1 aromatic rings. The van der Waals surface area contributed by atoms with E-state index in [-0.39, 0.29) is 6.61 Å². The number of nitrogens with two attached hydrogens (primary N) is 1. The Bertz CT molecular complexity index is 328. The lowest BCUT2D eigenvalue weighted by Gasteiger charge is -2.15. The van der Waals surface area contributed by atoms with Crippen LogP contribution in [-0.2, 0) is 0 Å². The number of aliphatic hydroxyl groups is 1. The van der Waals surface area contributed by atoms with Crippen molar-refractivity contribution in [1.29, 1.82) is 0 Å². The highest BCUT2D eigenvalue weighted by atomic mass is 19.1. The summed E-state index contributed by atoms with van der Waals surface area (Å²) in [6.07, 6.45) is 0. The summed E-state index contributed by atoms with van der Waals surface area (Å²) in [4.78, 5) is 0. The van der Waals surface area contributed by atoms with Crippen LogP contribution in [0.2, 0.25) is 0 Å².